The largest absolute Gasteiger partial charge is 0.375 e. The van der Waals surface area contributed by atoms with E-state index < -0.39 is 6.04 Å². The lowest BCUT2D eigenvalue weighted by Gasteiger charge is -2.21. The molecule has 0 radical (unpaired) electrons. The van der Waals surface area contributed by atoms with Gasteiger partial charge in [-0.3, -0.25) is 14.4 Å². The Bertz CT molecular complexity index is 790. The van der Waals surface area contributed by atoms with E-state index in [1.807, 2.05) is 19.2 Å². The lowest BCUT2D eigenvalue weighted by molar-refractivity contribution is -0.120. The van der Waals surface area contributed by atoms with Gasteiger partial charge in [0.05, 0.1) is 4.88 Å². The molecule has 0 aliphatic rings. The van der Waals surface area contributed by atoms with Crippen LogP contribution in [0.15, 0.2) is 41.8 Å². The Morgan fingerprint density at radius 3 is 2.37 bits per heavy atom. The summed E-state index contributed by atoms with van der Waals surface area (Å²) in [6.07, 6.45) is 0. The molecule has 2 aromatic rings. The van der Waals surface area contributed by atoms with E-state index in [9.17, 15) is 14.4 Å². The van der Waals surface area contributed by atoms with Crippen LogP contribution in [0, 0.1) is 5.92 Å². The molecule has 1 heterocycles. The van der Waals surface area contributed by atoms with Crippen molar-refractivity contribution in [2.45, 2.75) is 19.9 Å². The second-order valence-corrected chi connectivity index (χ2v) is 7.17. The number of hydrogen-bond acceptors (Lipinski definition) is 5. The van der Waals surface area contributed by atoms with Crippen molar-refractivity contribution < 1.29 is 19.1 Å². The van der Waals surface area contributed by atoms with Gasteiger partial charge >= 0.3 is 0 Å². The summed E-state index contributed by atoms with van der Waals surface area (Å²) in [7, 11) is 1.44. The molecule has 2 rings (SSSR count). The van der Waals surface area contributed by atoms with Gasteiger partial charge in [0.15, 0.2) is 0 Å². The number of anilines is 2. The van der Waals surface area contributed by atoms with Gasteiger partial charge in [-0.05, 0) is 35.6 Å². The van der Waals surface area contributed by atoms with Crippen molar-refractivity contribution in [1.82, 2.24) is 5.32 Å². The van der Waals surface area contributed by atoms with Crippen LogP contribution in [0.1, 0.15) is 23.5 Å². The molecule has 3 amide bonds. The molecule has 0 saturated carbocycles. The van der Waals surface area contributed by atoms with E-state index in [2.05, 4.69) is 16.0 Å². The van der Waals surface area contributed by atoms with Gasteiger partial charge in [0, 0.05) is 18.5 Å². The minimum Gasteiger partial charge on any atom is -0.375 e. The first-order chi connectivity index (χ1) is 12.9. The molecule has 7 nitrogen and oxygen atoms in total. The summed E-state index contributed by atoms with van der Waals surface area (Å²) in [6, 6.07) is 9.58. The normalized spacial score (nSPS) is 11.7. The molecule has 0 aliphatic heterocycles. The van der Waals surface area contributed by atoms with E-state index in [1.165, 1.54) is 18.4 Å². The molecule has 0 fully saturated rings. The number of hydrogen-bond donors (Lipinski definition) is 3. The number of ether oxygens (including phenoxy) is 1. The highest BCUT2D eigenvalue weighted by molar-refractivity contribution is 7.12. The number of methoxy groups -OCH3 is 1. The smallest absolute Gasteiger partial charge is 0.262 e. The highest BCUT2D eigenvalue weighted by Gasteiger charge is 2.25. The minimum atomic E-state index is -0.689. The van der Waals surface area contributed by atoms with Gasteiger partial charge in [-0.1, -0.05) is 26.0 Å². The summed E-state index contributed by atoms with van der Waals surface area (Å²) in [6.45, 7) is 3.67. The molecule has 0 spiro atoms. The highest BCUT2D eigenvalue weighted by atomic mass is 32.1. The van der Waals surface area contributed by atoms with E-state index in [-0.39, 0.29) is 30.2 Å². The molecule has 0 saturated heterocycles. The Labute approximate surface area is 162 Å². The Hall–Kier alpha value is -2.71. The summed E-state index contributed by atoms with van der Waals surface area (Å²) in [4.78, 5) is 37.1. The number of nitrogens with one attached hydrogen (secondary N) is 3. The summed E-state index contributed by atoms with van der Waals surface area (Å²) in [5.41, 5.74) is 1.06. The number of carbonyl (C=O) groups excluding carboxylic acids is 3. The maximum absolute atomic E-state index is 12.7. The number of amides is 3. The molecular weight excluding hydrogens is 366 g/mol. The molecule has 1 aromatic heterocycles. The van der Waals surface area contributed by atoms with Crippen LogP contribution in [-0.2, 0) is 14.3 Å². The lowest BCUT2D eigenvalue weighted by atomic mass is 10.0. The van der Waals surface area contributed by atoms with E-state index in [0.717, 1.165) is 0 Å². The highest BCUT2D eigenvalue weighted by Crippen LogP contribution is 2.17. The van der Waals surface area contributed by atoms with E-state index >= 15 is 0 Å². The van der Waals surface area contributed by atoms with Crippen molar-refractivity contribution in [3.8, 4) is 0 Å². The predicted molar refractivity (Wildman–Crippen MR) is 106 cm³/mol. The number of carbonyl (C=O) groups is 3. The van der Waals surface area contributed by atoms with Crippen LogP contribution in [0.2, 0.25) is 0 Å². The molecule has 144 valence electrons. The molecular formula is C19H23N3O4S. The van der Waals surface area contributed by atoms with E-state index in [1.54, 1.807) is 36.4 Å². The zero-order valence-corrected chi connectivity index (χ0v) is 16.3. The average molecular weight is 389 g/mol. The third-order valence-corrected chi connectivity index (χ3v) is 4.54. The number of benzene rings is 1. The SMILES string of the molecule is COCC(=O)Nc1cccc(NC(=O)C(NC(=O)c2cccs2)C(C)C)c1. The second-order valence-electron chi connectivity index (χ2n) is 6.22. The first-order valence-electron chi connectivity index (χ1n) is 8.44. The fourth-order valence-corrected chi connectivity index (χ4v) is 3.00. The summed E-state index contributed by atoms with van der Waals surface area (Å²) in [5.74, 6) is -0.988. The lowest BCUT2D eigenvalue weighted by Crippen LogP contribution is -2.46. The van der Waals surface area contributed by atoms with Crippen molar-refractivity contribution in [1.29, 1.82) is 0 Å². The van der Waals surface area contributed by atoms with Gasteiger partial charge in [0.25, 0.3) is 5.91 Å². The molecule has 8 heteroatoms. The van der Waals surface area contributed by atoms with Crippen LogP contribution < -0.4 is 16.0 Å². The minimum absolute atomic E-state index is 0.0548. The van der Waals surface area contributed by atoms with Crippen LogP contribution in [0.4, 0.5) is 11.4 Å². The van der Waals surface area contributed by atoms with Crippen molar-refractivity contribution in [3.05, 3.63) is 46.7 Å². The molecule has 1 atom stereocenters. The Kier molecular flexibility index (Phi) is 7.51. The Morgan fingerprint density at radius 2 is 1.78 bits per heavy atom. The van der Waals surface area contributed by atoms with Crippen molar-refractivity contribution in [3.63, 3.8) is 0 Å². The van der Waals surface area contributed by atoms with Crippen LogP contribution in [0.5, 0.6) is 0 Å². The molecule has 27 heavy (non-hydrogen) atoms. The fourth-order valence-electron chi connectivity index (χ4n) is 2.38. The van der Waals surface area contributed by atoms with Gasteiger partial charge in [0.1, 0.15) is 12.6 Å². The summed E-state index contributed by atoms with van der Waals surface area (Å²) < 4.78 is 4.77. The summed E-state index contributed by atoms with van der Waals surface area (Å²) >= 11 is 1.32. The topological polar surface area (TPSA) is 96.5 Å². The first-order valence-corrected chi connectivity index (χ1v) is 9.32. The molecule has 0 bridgehead atoms. The van der Waals surface area contributed by atoms with E-state index in [0.29, 0.717) is 16.3 Å². The number of rotatable bonds is 8. The average Bonchev–Trinajstić information content (AvgIpc) is 3.14. The van der Waals surface area contributed by atoms with Crippen LogP contribution in [0.3, 0.4) is 0 Å². The maximum Gasteiger partial charge on any atom is 0.262 e. The van der Waals surface area contributed by atoms with Crippen LogP contribution >= 0.6 is 11.3 Å². The zero-order chi connectivity index (χ0) is 19.8. The van der Waals surface area contributed by atoms with Crippen molar-refractivity contribution in [2.75, 3.05) is 24.4 Å². The number of thiophene rings is 1. The van der Waals surface area contributed by atoms with Gasteiger partial charge in [0.2, 0.25) is 11.8 Å². The standard InChI is InChI=1S/C19H23N3O4S/c1-12(2)17(22-18(24)15-8-5-9-27-15)19(25)21-14-7-4-6-13(10-14)20-16(23)11-26-3/h4-10,12,17H,11H2,1-3H3,(H,20,23)(H,21,25)(H,22,24). The first kappa shape index (κ1) is 20.6. The van der Waals surface area contributed by atoms with Gasteiger partial charge in [-0.25, -0.2) is 0 Å². The van der Waals surface area contributed by atoms with Crippen molar-refractivity contribution in [2.24, 2.45) is 5.92 Å². The molecule has 1 unspecified atom stereocenters. The molecule has 1 aromatic carbocycles. The van der Waals surface area contributed by atoms with Crippen LogP contribution in [0.25, 0.3) is 0 Å². The van der Waals surface area contributed by atoms with Crippen LogP contribution in [-0.4, -0.2) is 37.5 Å². The van der Waals surface area contributed by atoms with E-state index in [4.69, 9.17) is 4.74 Å². The maximum atomic E-state index is 12.7. The second kappa shape index (κ2) is 9.84. The van der Waals surface area contributed by atoms with Gasteiger partial charge in [-0.15, -0.1) is 11.3 Å². The summed E-state index contributed by atoms with van der Waals surface area (Å²) in [5, 5.41) is 10.0. The zero-order valence-electron chi connectivity index (χ0n) is 15.4. The third kappa shape index (κ3) is 6.19. The van der Waals surface area contributed by atoms with Gasteiger partial charge in [-0.2, -0.15) is 0 Å². The monoisotopic (exact) mass is 389 g/mol. The molecule has 0 aliphatic carbocycles. The quantitative estimate of drug-likeness (QED) is 0.647. The fraction of sp³-hybridized carbons (Fsp3) is 0.316. The predicted octanol–water partition coefficient (Wildman–Crippen LogP) is 2.73. The van der Waals surface area contributed by atoms with Gasteiger partial charge < -0.3 is 20.7 Å². The Morgan fingerprint density at radius 1 is 1.07 bits per heavy atom. The Balaban J connectivity index is 2.04. The van der Waals surface area contributed by atoms with Crippen molar-refractivity contribution >= 4 is 40.4 Å². The molecule has 3 N–H and O–H groups in total. The third-order valence-electron chi connectivity index (χ3n) is 3.67.